The van der Waals surface area contributed by atoms with Gasteiger partial charge in [-0.3, -0.25) is 29.8 Å². The minimum Gasteiger partial charge on any atom is -0.289 e. The highest BCUT2D eigenvalue weighted by atomic mass is 16.2. The number of amides is 4. The Morgan fingerprint density at radius 1 is 0.464 bits per heavy atom. The van der Waals surface area contributed by atoms with Crippen LogP contribution in [0.15, 0.2) is 22.3 Å². The van der Waals surface area contributed by atoms with Crippen LogP contribution >= 0.6 is 0 Å². The number of carbonyl (C=O) groups is 4. The lowest BCUT2D eigenvalue weighted by atomic mass is 10.0. The molecule has 0 saturated carbocycles. The molecule has 0 fully saturated rings. The van der Waals surface area contributed by atoms with Gasteiger partial charge in [0.1, 0.15) is 0 Å². The van der Waals surface area contributed by atoms with Crippen LogP contribution < -0.4 is 10.6 Å². The first-order valence-electron chi connectivity index (χ1n) is 10.5. The van der Waals surface area contributed by atoms with E-state index in [9.17, 15) is 19.2 Å². The molecular formula is C22H32N2O4. The van der Waals surface area contributed by atoms with Gasteiger partial charge < -0.3 is 0 Å². The molecule has 2 N–H and O–H groups in total. The number of imide groups is 2. The summed E-state index contributed by atoms with van der Waals surface area (Å²) in [5.41, 5.74) is 2.49. The zero-order chi connectivity index (χ0) is 20.5. The largest absolute Gasteiger partial charge is 0.289 e. The number of hydrogen-bond acceptors (Lipinski definition) is 4. The third kappa shape index (κ3) is 6.14. The molecule has 0 atom stereocenters. The summed E-state index contributed by atoms with van der Waals surface area (Å²) in [4.78, 5) is 46.0. The van der Waals surface area contributed by atoms with Crippen LogP contribution in [0.3, 0.4) is 0 Å². The average molecular weight is 389 g/mol. The van der Waals surface area contributed by atoms with Crippen LogP contribution in [-0.2, 0) is 19.2 Å². The van der Waals surface area contributed by atoms with Gasteiger partial charge >= 0.3 is 0 Å². The van der Waals surface area contributed by atoms with Gasteiger partial charge in [0.05, 0.1) is 0 Å². The highest BCUT2D eigenvalue weighted by Gasteiger charge is 2.26. The summed E-state index contributed by atoms with van der Waals surface area (Å²) in [5.74, 6) is -0.915. The van der Waals surface area contributed by atoms with Crippen LogP contribution in [0.5, 0.6) is 0 Å². The molecule has 0 aromatic rings. The molecule has 0 radical (unpaired) electrons. The van der Waals surface area contributed by atoms with Gasteiger partial charge in [0.2, 0.25) is 0 Å². The van der Waals surface area contributed by atoms with Crippen molar-refractivity contribution in [3.05, 3.63) is 22.3 Å². The van der Waals surface area contributed by atoms with Crippen molar-refractivity contribution in [1.29, 1.82) is 0 Å². The fourth-order valence-corrected chi connectivity index (χ4v) is 3.78. The van der Waals surface area contributed by atoms with Crippen molar-refractivity contribution < 1.29 is 19.2 Å². The lowest BCUT2D eigenvalue weighted by molar-refractivity contribution is -0.125. The number of hydrogen-bond donors (Lipinski definition) is 2. The topological polar surface area (TPSA) is 92.3 Å². The summed E-state index contributed by atoms with van der Waals surface area (Å²) in [6.07, 6.45) is 12.7. The molecule has 2 aliphatic heterocycles. The van der Waals surface area contributed by atoms with E-state index in [0.29, 0.717) is 35.1 Å². The van der Waals surface area contributed by atoms with Crippen LogP contribution in [0.1, 0.15) is 90.9 Å². The van der Waals surface area contributed by atoms with Gasteiger partial charge in [0, 0.05) is 22.3 Å². The highest BCUT2D eigenvalue weighted by Crippen LogP contribution is 2.21. The smallest absolute Gasteiger partial charge is 0.254 e. The van der Waals surface area contributed by atoms with Crippen LogP contribution in [0.25, 0.3) is 0 Å². The normalized spacial score (nSPS) is 17.1. The second-order valence-corrected chi connectivity index (χ2v) is 7.81. The molecule has 0 aromatic carbocycles. The monoisotopic (exact) mass is 388 g/mol. The molecule has 0 unspecified atom stereocenters. The van der Waals surface area contributed by atoms with E-state index < -0.39 is 0 Å². The Hall–Kier alpha value is -2.24. The molecule has 4 amide bonds. The van der Waals surface area contributed by atoms with Gasteiger partial charge in [-0.2, -0.15) is 0 Å². The van der Waals surface area contributed by atoms with Crippen molar-refractivity contribution >= 4 is 23.6 Å². The van der Waals surface area contributed by atoms with Crippen molar-refractivity contribution in [3.8, 4) is 0 Å². The summed E-state index contributed by atoms with van der Waals surface area (Å²) in [7, 11) is 0. The molecule has 0 bridgehead atoms. The molecule has 0 aliphatic carbocycles. The lowest BCUT2D eigenvalue weighted by Crippen LogP contribution is -2.22. The molecule has 0 saturated heterocycles. The third-order valence-corrected chi connectivity index (χ3v) is 5.69. The van der Waals surface area contributed by atoms with Crippen LogP contribution in [0.4, 0.5) is 0 Å². The fourth-order valence-electron chi connectivity index (χ4n) is 3.78. The fraction of sp³-hybridized carbons (Fsp3) is 0.636. The summed E-state index contributed by atoms with van der Waals surface area (Å²) in [5, 5.41) is 4.68. The Labute approximate surface area is 167 Å². The molecule has 0 spiro atoms. The predicted molar refractivity (Wildman–Crippen MR) is 107 cm³/mol. The maximum absolute atomic E-state index is 11.6. The Kier molecular flexibility index (Phi) is 8.61. The lowest BCUT2D eigenvalue weighted by Gasteiger charge is -2.04. The first kappa shape index (κ1) is 22.1. The van der Waals surface area contributed by atoms with Gasteiger partial charge in [-0.05, 0) is 39.5 Å². The SMILES string of the molecule is CC1=C(CCCCCCCCCCCCC2=C(C)C(=O)NC2=O)C(=O)NC1=O. The van der Waals surface area contributed by atoms with Gasteiger partial charge in [-0.15, -0.1) is 0 Å². The second-order valence-electron chi connectivity index (χ2n) is 7.81. The van der Waals surface area contributed by atoms with E-state index in [-0.39, 0.29) is 23.6 Å². The Morgan fingerprint density at radius 3 is 1.00 bits per heavy atom. The summed E-state index contributed by atoms with van der Waals surface area (Å²) >= 11 is 0. The highest BCUT2D eigenvalue weighted by molar-refractivity contribution is 6.19. The van der Waals surface area contributed by atoms with E-state index in [0.717, 1.165) is 25.7 Å². The average Bonchev–Trinajstić information content (AvgIpc) is 3.04. The minimum absolute atomic E-state index is 0.214. The number of rotatable bonds is 13. The van der Waals surface area contributed by atoms with Crippen LogP contribution in [-0.4, -0.2) is 23.6 Å². The van der Waals surface area contributed by atoms with E-state index in [4.69, 9.17) is 0 Å². The van der Waals surface area contributed by atoms with Crippen molar-refractivity contribution in [2.24, 2.45) is 0 Å². The van der Waals surface area contributed by atoms with Crippen molar-refractivity contribution in [3.63, 3.8) is 0 Å². The second kappa shape index (κ2) is 10.9. The Bertz CT molecular complexity index is 643. The van der Waals surface area contributed by atoms with Crippen LogP contribution in [0.2, 0.25) is 0 Å². The first-order valence-corrected chi connectivity index (χ1v) is 10.5. The van der Waals surface area contributed by atoms with E-state index in [1.54, 1.807) is 13.8 Å². The molecule has 6 nitrogen and oxygen atoms in total. The standard InChI is InChI=1S/C22H32N2O4/c1-15-17(21(27)23-19(15)25)13-11-9-7-5-3-4-6-8-10-12-14-18-16(2)20(26)24-22(18)28/h3-14H2,1-2H3,(H,23,25,27)(H,24,26,28). The molecule has 28 heavy (non-hydrogen) atoms. The first-order chi connectivity index (χ1) is 13.4. The van der Waals surface area contributed by atoms with Crippen LogP contribution in [0, 0.1) is 0 Å². The summed E-state index contributed by atoms with van der Waals surface area (Å²) < 4.78 is 0. The molecule has 0 aromatic heterocycles. The van der Waals surface area contributed by atoms with E-state index in [1.165, 1.54) is 38.5 Å². The Morgan fingerprint density at radius 2 is 0.750 bits per heavy atom. The Balaban J connectivity index is 1.41. The quantitative estimate of drug-likeness (QED) is 0.372. The maximum atomic E-state index is 11.6. The third-order valence-electron chi connectivity index (χ3n) is 5.69. The molecule has 2 rings (SSSR count). The minimum atomic E-state index is -0.244. The van der Waals surface area contributed by atoms with E-state index >= 15 is 0 Å². The zero-order valence-corrected chi connectivity index (χ0v) is 17.1. The van der Waals surface area contributed by atoms with Gasteiger partial charge in [0.25, 0.3) is 23.6 Å². The summed E-state index contributed by atoms with van der Waals surface area (Å²) in [6.45, 7) is 3.44. The van der Waals surface area contributed by atoms with Crippen molar-refractivity contribution in [1.82, 2.24) is 10.6 Å². The van der Waals surface area contributed by atoms with Gasteiger partial charge in [-0.25, -0.2) is 0 Å². The van der Waals surface area contributed by atoms with Gasteiger partial charge in [0.15, 0.2) is 0 Å². The molecular weight excluding hydrogens is 356 g/mol. The molecule has 6 heteroatoms. The zero-order valence-electron chi connectivity index (χ0n) is 17.1. The van der Waals surface area contributed by atoms with E-state index in [2.05, 4.69) is 10.6 Å². The van der Waals surface area contributed by atoms with E-state index in [1.807, 2.05) is 0 Å². The molecule has 154 valence electrons. The van der Waals surface area contributed by atoms with Crippen molar-refractivity contribution in [2.45, 2.75) is 90.9 Å². The summed E-state index contributed by atoms with van der Waals surface area (Å²) in [6, 6.07) is 0. The van der Waals surface area contributed by atoms with Crippen molar-refractivity contribution in [2.75, 3.05) is 0 Å². The maximum Gasteiger partial charge on any atom is 0.254 e. The predicted octanol–water partition coefficient (Wildman–Crippen LogP) is 3.61. The number of unbranched alkanes of at least 4 members (excludes halogenated alkanes) is 9. The number of carbonyl (C=O) groups excluding carboxylic acids is 4. The molecule has 2 heterocycles. The molecule has 2 aliphatic rings. The number of nitrogens with one attached hydrogen (secondary N) is 2. The van der Waals surface area contributed by atoms with Gasteiger partial charge in [-0.1, -0.05) is 51.4 Å².